The molecule has 4 aliphatic heterocycles. The monoisotopic (exact) mass is 778 g/mol. The van der Waals surface area contributed by atoms with Gasteiger partial charge in [0.25, 0.3) is 7.82 Å². The van der Waals surface area contributed by atoms with Crippen molar-refractivity contribution >= 4 is 26.3 Å². The maximum Gasteiger partial charge on any atom is 0.268 e. The van der Waals surface area contributed by atoms with E-state index in [1.807, 2.05) is 48.5 Å². The second-order valence-electron chi connectivity index (χ2n) is 13.9. The third-order valence-electron chi connectivity index (χ3n) is 10.6. The molecule has 0 bridgehead atoms. The van der Waals surface area contributed by atoms with Gasteiger partial charge in [-0.1, -0.05) is 39.5 Å². The summed E-state index contributed by atoms with van der Waals surface area (Å²) in [6.45, 7) is 12.5. The molecule has 0 saturated carbocycles. The normalized spacial score (nSPS) is 44.1. The second kappa shape index (κ2) is 19.8. The molecule has 4 fully saturated rings. The van der Waals surface area contributed by atoms with Crippen LogP contribution in [0.5, 0.6) is 0 Å². The molecule has 18 heteroatoms. The van der Waals surface area contributed by atoms with E-state index in [1.165, 1.54) is 7.11 Å². The van der Waals surface area contributed by atoms with Gasteiger partial charge < -0.3 is 65.8 Å². The third kappa shape index (κ3) is 11.7. The molecule has 0 aromatic rings. The first-order valence-electron chi connectivity index (χ1n) is 17.3. The second-order valence-corrected chi connectivity index (χ2v) is 18.0. The molecule has 50 heavy (non-hydrogen) atoms. The van der Waals surface area contributed by atoms with E-state index < -0.39 is 39.0 Å². The molecule has 6 unspecified atom stereocenters. The highest BCUT2D eigenvalue weighted by Crippen LogP contribution is 2.47. The summed E-state index contributed by atoms with van der Waals surface area (Å²) in [6.07, 6.45) is -3.09. The van der Waals surface area contributed by atoms with Gasteiger partial charge in [-0.05, 0) is 27.7 Å². The van der Waals surface area contributed by atoms with Crippen LogP contribution in [0, 0.1) is 23.7 Å². The Labute approximate surface area is 303 Å². The van der Waals surface area contributed by atoms with Gasteiger partial charge in [0, 0.05) is 52.1 Å². The summed E-state index contributed by atoms with van der Waals surface area (Å²) in [6, 6.07) is 0. The number of phosphoric acid groups is 1. The van der Waals surface area contributed by atoms with Crippen molar-refractivity contribution in [1.82, 2.24) is 0 Å². The maximum atomic E-state index is 12.7. The lowest BCUT2D eigenvalue weighted by Gasteiger charge is -2.34. The van der Waals surface area contributed by atoms with Crippen LogP contribution >= 0.6 is 14.5 Å². The summed E-state index contributed by atoms with van der Waals surface area (Å²) < 4.78 is 78.0. The highest BCUT2D eigenvalue weighted by Gasteiger charge is 2.45. The van der Waals surface area contributed by atoms with Crippen LogP contribution in [0.2, 0.25) is 0 Å². The number of hydrogen-bond donors (Lipinski definition) is 0. The summed E-state index contributed by atoms with van der Waals surface area (Å²) in [7, 11) is 1.82. The quantitative estimate of drug-likeness (QED) is 0.209. The first-order chi connectivity index (χ1) is 23.4. The average molecular weight is 779 g/mol. The minimum Gasteiger partial charge on any atom is -0.780 e. The van der Waals surface area contributed by atoms with Gasteiger partial charge in [-0.2, -0.15) is 0 Å². The van der Waals surface area contributed by atoms with Gasteiger partial charge in [0.1, 0.15) is 31.1 Å². The Bertz CT molecular complexity index is 1040. The molecular formula is C32H60O15P2S-2. The van der Waals surface area contributed by atoms with Gasteiger partial charge in [0.2, 0.25) is 0 Å². The Kier molecular flexibility index (Phi) is 17.7. The summed E-state index contributed by atoms with van der Waals surface area (Å²) in [5.41, 5.74) is 0. The van der Waals surface area contributed by atoms with Crippen LogP contribution in [0.25, 0.3) is 0 Å². The number of phosphoric ester groups is 1. The molecule has 15 nitrogen and oxygen atoms in total. The standard InChI is InChI=1S/C16H31O8P.C16H31O7PS/c1-9-11(3)23-14(15(9)20-6)8-21-25(17,18)24-16-10(2)12(4)22-13(16)7-19-5;1-9-11(3)22-14(15(9)19-6)8-20-24(17,25)23-16-10(2)12(4)21-13(16)7-18-5/h9-16H,7-8H2,1-6H3,(H,17,18);9-16H,7-8H2,1-6H3,(H,17,25)/p-2/t9?,10-,11+,12+,13-,14-,15-,16?;9?,10-,11+,12+,13-,14-,15-,16?,24?/m11/s1. The first-order valence-corrected chi connectivity index (χ1v) is 21.3. The summed E-state index contributed by atoms with van der Waals surface area (Å²) in [5, 5.41) is 0. The SMILES string of the molecule is COC[C@H]1O[C@@H](C)[C@@H](C)C1OP(=O)([O-])OC[C@H]1O[C@@H](C)C(C)[C@H]1OC.COC[C@H]1O[C@@H](C)[C@@H](C)C1OP([O-])(=S)OC[C@H]1O[C@@H](C)C(C)[C@H]1OC. The molecule has 0 spiro atoms. The molecule has 4 rings (SSSR count). The zero-order chi connectivity index (χ0) is 37.6. The summed E-state index contributed by atoms with van der Waals surface area (Å²) >= 11 is 5.10. The van der Waals surface area contributed by atoms with E-state index in [1.54, 1.807) is 21.3 Å². The number of ether oxygens (including phenoxy) is 8. The van der Waals surface area contributed by atoms with Crippen molar-refractivity contribution < 1.29 is 70.3 Å². The number of methoxy groups -OCH3 is 4. The summed E-state index contributed by atoms with van der Waals surface area (Å²) in [4.78, 5) is 25.0. The Morgan fingerprint density at radius 1 is 0.520 bits per heavy atom. The van der Waals surface area contributed by atoms with Crippen LogP contribution in [0.1, 0.15) is 55.4 Å². The smallest absolute Gasteiger partial charge is 0.268 e. The van der Waals surface area contributed by atoms with Gasteiger partial charge in [-0.25, -0.2) is 0 Å². The molecule has 18 atom stereocenters. The molecule has 0 aromatic heterocycles. The van der Waals surface area contributed by atoms with Crippen LogP contribution in [0.4, 0.5) is 0 Å². The van der Waals surface area contributed by atoms with Gasteiger partial charge in [0.15, 0.2) is 0 Å². The van der Waals surface area contributed by atoms with Gasteiger partial charge in [0.05, 0.1) is 75.3 Å². The van der Waals surface area contributed by atoms with E-state index in [2.05, 4.69) is 6.92 Å². The Hall–Kier alpha value is 0.320. The fourth-order valence-electron chi connectivity index (χ4n) is 6.95. The summed E-state index contributed by atoms with van der Waals surface area (Å²) in [5.74, 6) is 0.315. The van der Waals surface area contributed by atoms with Crippen molar-refractivity contribution in [2.45, 2.75) is 129 Å². The van der Waals surface area contributed by atoms with Crippen molar-refractivity contribution in [1.29, 1.82) is 0 Å². The highest BCUT2D eigenvalue weighted by molar-refractivity contribution is 8.06. The number of rotatable bonds is 16. The minimum absolute atomic E-state index is 0.0271. The zero-order valence-corrected chi connectivity index (χ0v) is 34.1. The van der Waals surface area contributed by atoms with Crippen LogP contribution in [-0.4, -0.2) is 128 Å². The average Bonchev–Trinajstić information content (AvgIpc) is 3.68. The Morgan fingerprint density at radius 2 is 0.840 bits per heavy atom. The van der Waals surface area contributed by atoms with Gasteiger partial charge >= 0.3 is 0 Å². The van der Waals surface area contributed by atoms with E-state index >= 15 is 0 Å². The predicted octanol–water partition coefficient (Wildman–Crippen LogP) is 2.85. The highest BCUT2D eigenvalue weighted by atomic mass is 32.5. The topological polar surface area (TPSA) is 174 Å². The van der Waals surface area contributed by atoms with Gasteiger partial charge in [-0.3, -0.25) is 4.57 Å². The molecule has 4 aliphatic rings. The molecule has 4 heterocycles. The first kappa shape index (κ1) is 44.7. The lowest BCUT2D eigenvalue weighted by Crippen LogP contribution is -2.35. The van der Waals surface area contributed by atoms with Crippen LogP contribution in [0.15, 0.2) is 0 Å². The van der Waals surface area contributed by atoms with Crippen LogP contribution < -0.4 is 9.79 Å². The van der Waals surface area contributed by atoms with Crippen molar-refractivity contribution in [3.8, 4) is 0 Å². The fourth-order valence-corrected chi connectivity index (χ4v) is 9.46. The van der Waals surface area contributed by atoms with E-state index in [4.69, 9.17) is 67.8 Å². The van der Waals surface area contributed by atoms with Crippen molar-refractivity contribution in [3.63, 3.8) is 0 Å². The molecule has 296 valence electrons. The van der Waals surface area contributed by atoms with E-state index in [0.29, 0.717) is 6.61 Å². The van der Waals surface area contributed by atoms with E-state index in [0.717, 1.165) is 0 Å². The molecule has 0 radical (unpaired) electrons. The lowest BCUT2D eigenvalue weighted by atomic mass is 9.99. The molecule has 4 saturated heterocycles. The maximum absolute atomic E-state index is 12.7. The Balaban J connectivity index is 0.000000270. The molecular weight excluding hydrogens is 718 g/mol. The minimum atomic E-state index is -4.52. The van der Waals surface area contributed by atoms with E-state index in [-0.39, 0.29) is 92.3 Å². The van der Waals surface area contributed by atoms with Crippen LogP contribution in [-0.2, 0) is 72.4 Å². The number of hydrogen-bond acceptors (Lipinski definition) is 16. The van der Waals surface area contributed by atoms with E-state index in [9.17, 15) is 14.4 Å². The van der Waals surface area contributed by atoms with Crippen molar-refractivity contribution in [2.24, 2.45) is 23.7 Å². The fraction of sp³-hybridized carbons (Fsp3) is 1.00. The molecule has 0 N–H and O–H groups in total. The molecule has 0 aromatic carbocycles. The zero-order valence-electron chi connectivity index (χ0n) is 31.5. The van der Waals surface area contributed by atoms with Crippen molar-refractivity contribution in [2.75, 3.05) is 54.9 Å². The molecule has 0 aliphatic carbocycles. The molecule has 0 amide bonds. The predicted molar refractivity (Wildman–Crippen MR) is 183 cm³/mol. The lowest BCUT2D eigenvalue weighted by molar-refractivity contribution is -0.235. The largest absolute Gasteiger partial charge is 0.780 e. The third-order valence-corrected chi connectivity index (χ3v) is 13.1. The van der Waals surface area contributed by atoms with Crippen molar-refractivity contribution in [3.05, 3.63) is 0 Å². The Morgan fingerprint density at radius 3 is 1.20 bits per heavy atom. The van der Waals surface area contributed by atoms with Crippen LogP contribution in [0.3, 0.4) is 0 Å². The van der Waals surface area contributed by atoms with Gasteiger partial charge in [-0.15, -0.1) is 0 Å².